The molecule has 4 aromatic rings. The lowest BCUT2D eigenvalue weighted by molar-refractivity contribution is 0.102. The molecule has 2 heterocycles. The average molecular weight is 320 g/mol. The molecule has 0 unspecified atom stereocenters. The molecule has 0 radical (unpaired) electrons. The molecule has 0 aliphatic rings. The zero-order chi connectivity index (χ0) is 16.7. The van der Waals surface area contributed by atoms with E-state index in [-0.39, 0.29) is 11.4 Å². The van der Waals surface area contributed by atoms with Gasteiger partial charge in [0.1, 0.15) is 11.1 Å². The zero-order valence-corrected chi connectivity index (χ0v) is 12.7. The molecule has 1 N–H and O–H groups in total. The molecule has 24 heavy (non-hydrogen) atoms. The van der Waals surface area contributed by atoms with E-state index in [1.54, 1.807) is 25.1 Å². The van der Waals surface area contributed by atoms with Crippen molar-refractivity contribution in [1.29, 1.82) is 0 Å². The molecule has 0 atom stereocenters. The summed E-state index contributed by atoms with van der Waals surface area (Å²) >= 11 is 0. The van der Waals surface area contributed by atoms with Crippen LogP contribution in [-0.4, -0.2) is 11.1 Å². The lowest BCUT2D eigenvalue weighted by Crippen LogP contribution is -2.20. The number of amides is 1. The molecule has 6 heteroatoms. The van der Waals surface area contributed by atoms with Crippen molar-refractivity contribution in [3.8, 4) is 0 Å². The number of rotatable bonds is 2. The third-order valence-electron chi connectivity index (χ3n) is 3.75. The fourth-order valence-electron chi connectivity index (χ4n) is 2.63. The van der Waals surface area contributed by atoms with Crippen molar-refractivity contribution in [1.82, 2.24) is 5.16 Å². The van der Waals surface area contributed by atoms with Gasteiger partial charge >= 0.3 is 5.63 Å². The van der Waals surface area contributed by atoms with E-state index >= 15 is 0 Å². The minimum Gasteiger partial charge on any atom is -0.422 e. The Morgan fingerprint density at radius 3 is 2.71 bits per heavy atom. The maximum atomic E-state index is 12.4. The van der Waals surface area contributed by atoms with Crippen LogP contribution in [0.25, 0.3) is 21.7 Å². The molecule has 0 saturated heterocycles. The molecule has 0 aliphatic heterocycles. The number of carbonyl (C=O) groups excluding carboxylic acids is 1. The minimum absolute atomic E-state index is 0.0899. The molecule has 0 fully saturated rings. The number of hydrogen-bond acceptors (Lipinski definition) is 5. The number of aryl methyl sites for hydroxylation is 1. The summed E-state index contributed by atoms with van der Waals surface area (Å²) in [6, 6.07) is 14.4. The minimum atomic E-state index is -0.702. The first-order chi connectivity index (χ1) is 11.6. The maximum Gasteiger partial charge on any atom is 0.349 e. The second-order valence-corrected chi connectivity index (χ2v) is 5.43. The zero-order valence-electron chi connectivity index (χ0n) is 12.7. The highest BCUT2D eigenvalue weighted by molar-refractivity contribution is 6.10. The Hall–Kier alpha value is -3.41. The first-order valence-electron chi connectivity index (χ1n) is 7.32. The van der Waals surface area contributed by atoms with Crippen LogP contribution < -0.4 is 10.9 Å². The topological polar surface area (TPSA) is 85.3 Å². The monoisotopic (exact) mass is 320 g/mol. The van der Waals surface area contributed by atoms with Crippen LogP contribution >= 0.6 is 0 Å². The van der Waals surface area contributed by atoms with Gasteiger partial charge in [-0.15, -0.1) is 0 Å². The number of nitrogens with zero attached hydrogens (tertiary/aromatic N) is 1. The second-order valence-electron chi connectivity index (χ2n) is 5.43. The van der Waals surface area contributed by atoms with Crippen molar-refractivity contribution in [2.24, 2.45) is 0 Å². The van der Waals surface area contributed by atoms with Gasteiger partial charge in [-0.3, -0.25) is 10.1 Å². The van der Waals surface area contributed by atoms with E-state index in [2.05, 4.69) is 10.5 Å². The molecular formula is C18H12N2O4. The highest BCUT2D eigenvalue weighted by atomic mass is 16.5. The Kier molecular flexibility index (Phi) is 3.16. The summed E-state index contributed by atoms with van der Waals surface area (Å²) < 4.78 is 10.2. The van der Waals surface area contributed by atoms with Crippen LogP contribution in [0.3, 0.4) is 0 Å². The fourth-order valence-corrected chi connectivity index (χ4v) is 2.63. The number of carbonyl (C=O) groups is 1. The first-order valence-corrected chi connectivity index (χ1v) is 7.32. The van der Waals surface area contributed by atoms with Crippen LogP contribution in [0.2, 0.25) is 0 Å². The predicted octanol–water partition coefficient (Wildman–Crippen LogP) is 3.49. The van der Waals surface area contributed by atoms with E-state index in [9.17, 15) is 9.59 Å². The van der Waals surface area contributed by atoms with Crippen molar-refractivity contribution >= 4 is 33.5 Å². The van der Waals surface area contributed by atoms with Gasteiger partial charge in [0.2, 0.25) is 5.88 Å². The molecule has 0 spiro atoms. The van der Waals surface area contributed by atoms with Gasteiger partial charge in [0, 0.05) is 11.5 Å². The molecule has 1 amide bonds. The van der Waals surface area contributed by atoms with Crippen LogP contribution in [0, 0.1) is 6.92 Å². The van der Waals surface area contributed by atoms with E-state index in [4.69, 9.17) is 8.94 Å². The molecule has 118 valence electrons. The van der Waals surface area contributed by atoms with E-state index in [0.717, 1.165) is 10.8 Å². The summed E-state index contributed by atoms with van der Waals surface area (Å²) in [5, 5.41) is 8.79. The number of nitrogens with one attached hydrogen (secondary N) is 1. The number of benzene rings is 2. The first kappa shape index (κ1) is 14.2. The lowest BCUT2D eigenvalue weighted by atomic mass is 10.0. The van der Waals surface area contributed by atoms with E-state index in [1.807, 2.05) is 30.3 Å². The Morgan fingerprint density at radius 2 is 1.92 bits per heavy atom. The lowest BCUT2D eigenvalue weighted by Gasteiger charge is -2.05. The van der Waals surface area contributed by atoms with Gasteiger partial charge in [0.05, 0.1) is 5.69 Å². The van der Waals surface area contributed by atoms with Gasteiger partial charge < -0.3 is 8.94 Å². The Balaban J connectivity index is 1.85. The van der Waals surface area contributed by atoms with Crippen molar-refractivity contribution < 1.29 is 13.7 Å². The van der Waals surface area contributed by atoms with Crippen LogP contribution in [0.4, 0.5) is 5.88 Å². The van der Waals surface area contributed by atoms with Crippen LogP contribution in [0.1, 0.15) is 16.1 Å². The Labute approximate surface area is 135 Å². The Morgan fingerprint density at radius 1 is 1.08 bits per heavy atom. The predicted molar refractivity (Wildman–Crippen MR) is 89.2 cm³/mol. The Bertz CT molecular complexity index is 1140. The smallest absolute Gasteiger partial charge is 0.349 e. The number of hydrogen-bond donors (Lipinski definition) is 1. The number of aromatic nitrogens is 1. The summed E-state index contributed by atoms with van der Waals surface area (Å²) in [7, 11) is 0. The quantitative estimate of drug-likeness (QED) is 0.451. The van der Waals surface area contributed by atoms with Crippen LogP contribution in [-0.2, 0) is 0 Å². The highest BCUT2D eigenvalue weighted by Crippen LogP contribution is 2.25. The second kappa shape index (κ2) is 5.34. The third kappa shape index (κ3) is 2.34. The summed E-state index contributed by atoms with van der Waals surface area (Å²) in [5.74, 6) is -0.426. The molecule has 6 nitrogen and oxygen atoms in total. The summed E-state index contributed by atoms with van der Waals surface area (Å²) in [6.45, 7) is 1.73. The van der Waals surface area contributed by atoms with Crippen LogP contribution in [0.5, 0.6) is 0 Å². The molecule has 0 aliphatic carbocycles. The fraction of sp³-hybridized carbons (Fsp3) is 0.0556. The standard InChI is InChI=1S/C18H12N2O4/c1-10-8-16(24-20-10)19-17(21)14-9-13-12-5-3-2-4-11(12)6-7-15(13)23-18(14)22/h2-9H,1H3,(H,19,21). The largest absolute Gasteiger partial charge is 0.422 e. The number of anilines is 1. The molecule has 0 saturated carbocycles. The van der Waals surface area contributed by atoms with Gasteiger partial charge in [-0.1, -0.05) is 35.5 Å². The van der Waals surface area contributed by atoms with E-state index in [0.29, 0.717) is 16.7 Å². The van der Waals surface area contributed by atoms with Crippen molar-refractivity contribution in [2.75, 3.05) is 5.32 Å². The van der Waals surface area contributed by atoms with Gasteiger partial charge in [0.15, 0.2) is 0 Å². The SMILES string of the molecule is Cc1cc(NC(=O)c2cc3c(ccc4ccccc43)oc2=O)on1. The molecule has 4 rings (SSSR count). The molecule has 0 bridgehead atoms. The highest BCUT2D eigenvalue weighted by Gasteiger charge is 2.16. The normalized spacial score (nSPS) is 11.0. The van der Waals surface area contributed by atoms with Gasteiger partial charge in [0.25, 0.3) is 5.91 Å². The van der Waals surface area contributed by atoms with Gasteiger partial charge in [-0.25, -0.2) is 4.79 Å². The summed E-state index contributed by atoms with van der Waals surface area (Å²) in [5.41, 5.74) is 0.270. The van der Waals surface area contributed by atoms with Crippen molar-refractivity contribution in [3.63, 3.8) is 0 Å². The molecular weight excluding hydrogens is 308 g/mol. The average Bonchev–Trinajstić information content (AvgIpc) is 2.98. The third-order valence-corrected chi connectivity index (χ3v) is 3.75. The van der Waals surface area contributed by atoms with Crippen molar-refractivity contribution in [2.45, 2.75) is 6.92 Å². The number of fused-ring (bicyclic) bond motifs is 3. The summed E-state index contributed by atoms with van der Waals surface area (Å²) in [4.78, 5) is 24.5. The van der Waals surface area contributed by atoms with Crippen molar-refractivity contribution in [3.05, 3.63) is 70.2 Å². The van der Waals surface area contributed by atoms with Crippen LogP contribution in [0.15, 0.2) is 62.3 Å². The molecule has 2 aromatic carbocycles. The summed E-state index contributed by atoms with van der Waals surface area (Å²) in [6.07, 6.45) is 0. The van der Waals surface area contributed by atoms with Gasteiger partial charge in [-0.05, 0) is 29.8 Å². The van der Waals surface area contributed by atoms with E-state index in [1.165, 1.54) is 0 Å². The molecule has 2 aromatic heterocycles. The van der Waals surface area contributed by atoms with E-state index < -0.39 is 11.5 Å². The maximum absolute atomic E-state index is 12.4. The van der Waals surface area contributed by atoms with Gasteiger partial charge in [-0.2, -0.15) is 0 Å².